The van der Waals surface area contributed by atoms with Gasteiger partial charge in [-0.2, -0.15) is 0 Å². The summed E-state index contributed by atoms with van der Waals surface area (Å²) in [5.41, 5.74) is 0. The Morgan fingerprint density at radius 1 is 1.64 bits per heavy atom. The van der Waals surface area contributed by atoms with Crippen molar-refractivity contribution in [2.24, 2.45) is 0 Å². The quantitative estimate of drug-likeness (QED) is 0.581. The van der Waals surface area contributed by atoms with Crippen LogP contribution in [-0.4, -0.2) is 13.3 Å². The average Bonchev–Trinajstić information content (AvgIpc) is 2.37. The van der Waals surface area contributed by atoms with Crippen LogP contribution in [0.2, 0.25) is 0 Å². The molecule has 0 bridgehead atoms. The molecule has 4 heteroatoms. The number of aryl methyl sites for hydroxylation is 1. The van der Waals surface area contributed by atoms with Crippen LogP contribution in [-0.2, 0) is 4.74 Å². The Labute approximate surface area is 63.7 Å². The van der Waals surface area contributed by atoms with Gasteiger partial charge in [0.15, 0.2) is 5.75 Å². The molecule has 4 nitrogen and oxygen atoms in total. The van der Waals surface area contributed by atoms with E-state index in [0.29, 0.717) is 11.5 Å². The third-order valence-electron chi connectivity index (χ3n) is 1.17. The molecule has 0 saturated carbocycles. The first kappa shape index (κ1) is 7.65. The second-order valence-electron chi connectivity index (χ2n) is 1.90. The minimum Gasteiger partial charge on any atom is -0.466 e. The highest BCUT2D eigenvalue weighted by atomic mass is 16.7. The molecule has 1 aromatic rings. The number of hydrogen-bond donors (Lipinski definition) is 0. The van der Waals surface area contributed by atoms with E-state index < -0.39 is 6.16 Å². The van der Waals surface area contributed by atoms with Crippen molar-refractivity contribution >= 4 is 6.16 Å². The Kier molecular flexibility index (Phi) is 2.15. The summed E-state index contributed by atoms with van der Waals surface area (Å²) in [5.74, 6) is 0.937. The second-order valence-corrected chi connectivity index (χ2v) is 1.90. The summed E-state index contributed by atoms with van der Waals surface area (Å²) in [6.07, 6.45) is 0.697. The zero-order valence-electron chi connectivity index (χ0n) is 6.29. The van der Waals surface area contributed by atoms with E-state index in [0.717, 1.165) is 0 Å². The van der Waals surface area contributed by atoms with Crippen molar-refractivity contribution in [2.45, 2.75) is 6.92 Å². The summed E-state index contributed by atoms with van der Waals surface area (Å²) in [6.45, 7) is 1.69. The third-order valence-corrected chi connectivity index (χ3v) is 1.17. The number of methoxy groups -OCH3 is 1. The molecule has 0 aliphatic rings. The fraction of sp³-hybridized carbons (Fsp3) is 0.286. The topological polar surface area (TPSA) is 48.7 Å². The number of furan rings is 1. The molecule has 60 valence electrons. The van der Waals surface area contributed by atoms with Crippen molar-refractivity contribution in [1.82, 2.24) is 0 Å². The number of ether oxygens (including phenoxy) is 2. The van der Waals surface area contributed by atoms with Crippen LogP contribution in [0.3, 0.4) is 0 Å². The van der Waals surface area contributed by atoms with Gasteiger partial charge in [0, 0.05) is 6.07 Å². The average molecular weight is 156 g/mol. The summed E-state index contributed by atoms with van der Waals surface area (Å²) in [7, 11) is 1.25. The molecule has 0 amide bonds. The van der Waals surface area contributed by atoms with Crippen LogP contribution >= 0.6 is 0 Å². The Morgan fingerprint density at radius 3 is 2.82 bits per heavy atom. The Morgan fingerprint density at radius 2 is 2.36 bits per heavy atom. The molecular formula is C7H8O4. The zero-order valence-corrected chi connectivity index (χ0v) is 6.29. The summed E-state index contributed by atoms with van der Waals surface area (Å²) in [6, 6.07) is 1.55. The molecule has 0 aromatic carbocycles. The van der Waals surface area contributed by atoms with Gasteiger partial charge in [0.25, 0.3) is 0 Å². The van der Waals surface area contributed by atoms with Gasteiger partial charge in [0.05, 0.1) is 13.4 Å². The SMILES string of the molecule is COC(=O)Oc1ccoc1C. The fourth-order valence-corrected chi connectivity index (χ4v) is 0.611. The second kappa shape index (κ2) is 3.09. The molecule has 0 radical (unpaired) electrons. The molecule has 0 aliphatic carbocycles. The van der Waals surface area contributed by atoms with Crippen molar-refractivity contribution in [3.8, 4) is 5.75 Å². The van der Waals surface area contributed by atoms with E-state index >= 15 is 0 Å². The predicted molar refractivity (Wildman–Crippen MR) is 36.5 cm³/mol. The fourth-order valence-electron chi connectivity index (χ4n) is 0.611. The monoisotopic (exact) mass is 156 g/mol. The van der Waals surface area contributed by atoms with Gasteiger partial charge in [-0.1, -0.05) is 0 Å². The van der Waals surface area contributed by atoms with Gasteiger partial charge >= 0.3 is 6.16 Å². The first-order valence-electron chi connectivity index (χ1n) is 3.04. The Hall–Kier alpha value is -1.45. The van der Waals surface area contributed by atoms with Crippen LogP contribution in [0.15, 0.2) is 16.7 Å². The maximum atomic E-state index is 10.5. The maximum Gasteiger partial charge on any atom is 0.513 e. The lowest BCUT2D eigenvalue weighted by Gasteiger charge is -1.98. The molecule has 0 aliphatic heterocycles. The minimum absolute atomic E-state index is 0.386. The summed E-state index contributed by atoms with van der Waals surface area (Å²) >= 11 is 0. The minimum atomic E-state index is -0.741. The molecule has 1 aromatic heterocycles. The van der Waals surface area contributed by atoms with Gasteiger partial charge in [0.1, 0.15) is 5.76 Å². The Balaban J connectivity index is 2.64. The summed E-state index contributed by atoms with van der Waals surface area (Å²) in [5, 5.41) is 0. The number of hydrogen-bond acceptors (Lipinski definition) is 4. The van der Waals surface area contributed by atoms with E-state index in [2.05, 4.69) is 9.47 Å². The van der Waals surface area contributed by atoms with Gasteiger partial charge in [-0.25, -0.2) is 4.79 Å². The van der Waals surface area contributed by atoms with Gasteiger partial charge < -0.3 is 13.9 Å². The Bertz CT molecular complexity index is 251. The van der Waals surface area contributed by atoms with E-state index in [1.165, 1.54) is 13.4 Å². The normalized spacial score (nSPS) is 9.27. The molecule has 0 atom stereocenters. The molecule has 0 fully saturated rings. The van der Waals surface area contributed by atoms with Gasteiger partial charge in [0.2, 0.25) is 0 Å². The zero-order chi connectivity index (χ0) is 8.27. The molecule has 1 heterocycles. The van der Waals surface area contributed by atoms with Gasteiger partial charge in [-0.15, -0.1) is 0 Å². The van der Waals surface area contributed by atoms with E-state index in [9.17, 15) is 4.79 Å². The van der Waals surface area contributed by atoms with Crippen LogP contribution < -0.4 is 4.74 Å². The highest BCUT2D eigenvalue weighted by molar-refractivity contribution is 5.63. The van der Waals surface area contributed by atoms with E-state index in [1.54, 1.807) is 13.0 Å². The highest BCUT2D eigenvalue weighted by Gasteiger charge is 2.07. The first-order valence-corrected chi connectivity index (χ1v) is 3.04. The van der Waals surface area contributed by atoms with Crippen molar-refractivity contribution < 1.29 is 18.7 Å². The van der Waals surface area contributed by atoms with Crippen LogP contribution in [0.5, 0.6) is 5.75 Å². The molecule has 0 saturated heterocycles. The van der Waals surface area contributed by atoms with E-state index in [4.69, 9.17) is 4.42 Å². The van der Waals surface area contributed by atoms with Crippen LogP contribution in [0.1, 0.15) is 5.76 Å². The number of carbonyl (C=O) groups is 1. The van der Waals surface area contributed by atoms with Crippen LogP contribution in [0, 0.1) is 6.92 Å². The van der Waals surface area contributed by atoms with E-state index in [1.807, 2.05) is 0 Å². The van der Waals surface area contributed by atoms with Crippen molar-refractivity contribution in [2.75, 3.05) is 7.11 Å². The lowest BCUT2D eigenvalue weighted by molar-refractivity contribution is 0.120. The molecular weight excluding hydrogens is 148 g/mol. The van der Waals surface area contributed by atoms with Gasteiger partial charge in [-0.05, 0) is 6.92 Å². The van der Waals surface area contributed by atoms with Crippen molar-refractivity contribution in [1.29, 1.82) is 0 Å². The predicted octanol–water partition coefficient (Wildman–Crippen LogP) is 1.73. The van der Waals surface area contributed by atoms with Gasteiger partial charge in [-0.3, -0.25) is 0 Å². The van der Waals surface area contributed by atoms with Crippen LogP contribution in [0.25, 0.3) is 0 Å². The molecule has 1 rings (SSSR count). The lowest BCUT2D eigenvalue weighted by atomic mass is 10.5. The highest BCUT2D eigenvalue weighted by Crippen LogP contribution is 2.18. The molecule has 0 unspecified atom stereocenters. The van der Waals surface area contributed by atoms with Crippen LogP contribution in [0.4, 0.5) is 4.79 Å². The summed E-state index contributed by atoms with van der Waals surface area (Å²) in [4.78, 5) is 10.5. The summed E-state index contributed by atoms with van der Waals surface area (Å²) < 4.78 is 13.8. The molecule has 0 spiro atoms. The van der Waals surface area contributed by atoms with E-state index in [-0.39, 0.29) is 0 Å². The third kappa shape index (κ3) is 1.73. The smallest absolute Gasteiger partial charge is 0.466 e. The molecule has 11 heavy (non-hydrogen) atoms. The number of rotatable bonds is 1. The maximum absolute atomic E-state index is 10.5. The van der Waals surface area contributed by atoms with Crippen molar-refractivity contribution in [3.63, 3.8) is 0 Å². The largest absolute Gasteiger partial charge is 0.513 e. The lowest BCUT2D eigenvalue weighted by Crippen LogP contribution is -2.07. The number of carbonyl (C=O) groups excluding carboxylic acids is 1. The molecule has 0 N–H and O–H groups in total. The van der Waals surface area contributed by atoms with Crippen molar-refractivity contribution in [3.05, 3.63) is 18.1 Å². The standard InChI is InChI=1S/C7H8O4/c1-5-6(3-4-10-5)11-7(8)9-2/h3-4H,1-2H3. The first-order chi connectivity index (χ1) is 5.24.